The summed E-state index contributed by atoms with van der Waals surface area (Å²) in [5.74, 6) is -1.14. The molecule has 0 saturated carbocycles. The van der Waals surface area contributed by atoms with Gasteiger partial charge in [0.05, 0.1) is 27.2 Å². The first-order chi connectivity index (χ1) is 22.5. The van der Waals surface area contributed by atoms with Crippen molar-refractivity contribution in [3.05, 3.63) is 124 Å². The van der Waals surface area contributed by atoms with Gasteiger partial charge in [0.1, 0.15) is 24.2 Å². The fraction of sp³-hybridized carbons (Fsp3) is 0.257. The molecule has 0 aliphatic heterocycles. The zero-order valence-electron chi connectivity index (χ0n) is 26.0. The van der Waals surface area contributed by atoms with Gasteiger partial charge in [-0.25, -0.2) is 12.8 Å². The largest absolute Gasteiger partial charge is 0.494 e. The molecule has 0 heterocycles. The van der Waals surface area contributed by atoms with Gasteiger partial charge in [-0.05, 0) is 85.1 Å². The predicted octanol–water partition coefficient (Wildman–Crippen LogP) is 6.89. The molecule has 0 aliphatic carbocycles. The van der Waals surface area contributed by atoms with Gasteiger partial charge in [-0.1, -0.05) is 66.5 Å². The molecular formula is C35H36Cl2FN3O5S. The minimum Gasteiger partial charge on any atom is -0.494 e. The van der Waals surface area contributed by atoms with Crippen LogP contribution in [0.2, 0.25) is 10.0 Å². The van der Waals surface area contributed by atoms with Crippen LogP contribution in [-0.2, 0) is 32.6 Å². The molecule has 4 aromatic rings. The Labute approximate surface area is 285 Å². The van der Waals surface area contributed by atoms with Crippen molar-refractivity contribution in [2.24, 2.45) is 0 Å². The molecule has 0 aliphatic rings. The third kappa shape index (κ3) is 9.47. The van der Waals surface area contributed by atoms with Crippen molar-refractivity contribution in [2.45, 2.75) is 44.2 Å². The molecule has 0 spiro atoms. The number of rotatable bonds is 15. The Kier molecular flexibility index (Phi) is 12.6. The Morgan fingerprint density at radius 1 is 0.872 bits per heavy atom. The van der Waals surface area contributed by atoms with Gasteiger partial charge < -0.3 is 15.0 Å². The minimum absolute atomic E-state index is 0.0690. The third-order valence-electron chi connectivity index (χ3n) is 7.27. The first-order valence-corrected chi connectivity index (χ1v) is 17.3. The summed E-state index contributed by atoms with van der Waals surface area (Å²) < 4.78 is 48.4. The van der Waals surface area contributed by atoms with Crippen molar-refractivity contribution in [1.29, 1.82) is 0 Å². The highest BCUT2D eigenvalue weighted by molar-refractivity contribution is 7.92. The fourth-order valence-electron chi connectivity index (χ4n) is 4.89. The van der Waals surface area contributed by atoms with Crippen LogP contribution < -0.4 is 14.4 Å². The first kappa shape index (κ1) is 35.7. The third-order valence-corrected chi connectivity index (χ3v) is 9.80. The summed E-state index contributed by atoms with van der Waals surface area (Å²) >= 11 is 12.5. The highest BCUT2D eigenvalue weighted by atomic mass is 35.5. The van der Waals surface area contributed by atoms with E-state index in [1.807, 2.05) is 44.2 Å². The van der Waals surface area contributed by atoms with E-state index in [9.17, 15) is 22.4 Å². The molecule has 1 N–H and O–H groups in total. The van der Waals surface area contributed by atoms with E-state index in [4.69, 9.17) is 27.9 Å². The molecule has 4 rings (SSSR count). The molecule has 8 nitrogen and oxygen atoms in total. The molecule has 0 bridgehead atoms. The lowest BCUT2D eigenvalue weighted by Gasteiger charge is -2.34. The second kappa shape index (κ2) is 16.6. The van der Waals surface area contributed by atoms with Crippen LogP contribution in [-0.4, -0.2) is 50.9 Å². The van der Waals surface area contributed by atoms with Gasteiger partial charge in [0, 0.05) is 19.5 Å². The average Bonchev–Trinajstić information content (AvgIpc) is 3.06. The summed E-state index contributed by atoms with van der Waals surface area (Å²) in [6, 6.07) is 23.7. The zero-order valence-corrected chi connectivity index (χ0v) is 28.4. The van der Waals surface area contributed by atoms with Crippen LogP contribution in [0.1, 0.15) is 31.4 Å². The molecule has 0 aromatic heterocycles. The Morgan fingerprint density at radius 2 is 1.55 bits per heavy atom. The number of hydrogen-bond acceptors (Lipinski definition) is 5. The van der Waals surface area contributed by atoms with Gasteiger partial charge in [-0.15, -0.1) is 0 Å². The summed E-state index contributed by atoms with van der Waals surface area (Å²) in [4.78, 5) is 29.4. The summed E-state index contributed by atoms with van der Waals surface area (Å²) in [7, 11) is -4.39. The van der Waals surface area contributed by atoms with Crippen LogP contribution in [0.5, 0.6) is 5.75 Å². The number of sulfonamides is 1. The Hall–Kier alpha value is -4.12. The quantitative estimate of drug-likeness (QED) is 0.146. The summed E-state index contributed by atoms with van der Waals surface area (Å²) in [6.45, 7) is 3.79. The Bertz CT molecular complexity index is 1760. The number of hydrogen-bond donors (Lipinski definition) is 1. The van der Waals surface area contributed by atoms with E-state index >= 15 is 0 Å². The number of carbonyl (C=O) groups is 2. The van der Waals surface area contributed by atoms with Crippen LogP contribution in [0, 0.1) is 5.82 Å². The average molecular weight is 701 g/mol. The fourth-order valence-corrected chi connectivity index (χ4v) is 6.63. The second-order valence-corrected chi connectivity index (χ2v) is 13.3. The zero-order chi connectivity index (χ0) is 34.0. The highest BCUT2D eigenvalue weighted by Crippen LogP contribution is 2.28. The van der Waals surface area contributed by atoms with Crippen LogP contribution in [0.4, 0.5) is 10.1 Å². The van der Waals surface area contributed by atoms with Crippen LogP contribution >= 0.6 is 23.2 Å². The lowest BCUT2D eigenvalue weighted by atomic mass is 10.0. The smallest absolute Gasteiger partial charge is 0.264 e. The van der Waals surface area contributed by atoms with Gasteiger partial charge in [0.25, 0.3) is 10.0 Å². The van der Waals surface area contributed by atoms with E-state index in [1.54, 1.807) is 30.3 Å². The standard InChI is InChI=1S/C35H36Cl2FN3O5S/c1-3-20-39-35(43)33(22-25-8-6-5-7-9-25)40(23-26-10-19-31(36)32(37)21-26)34(42)24-41(28-13-15-29(16-14-28)46-4-2)47(44,45)30-17-11-27(38)12-18-30/h5-19,21,33H,3-4,20,22-24H2,1-2H3,(H,39,43)/t33-/m1/s1. The second-order valence-electron chi connectivity index (χ2n) is 10.7. The maximum atomic E-state index is 14.5. The minimum atomic E-state index is -4.39. The first-order valence-electron chi connectivity index (χ1n) is 15.1. The van der Waals surface area contributed by atoms with Gasteiger partial charge in [0.15, 0.2) is 0 Å². The predicted molar refractivity (Wildman–Crippen MR) is 183 cm³/mol. The number of benzene rings is 4. The molecule has 0 unspecified atom stereocenters. The van der Waals surface area contributed by atoms with Crippen LogP contribution in [0.15, 0.2) is 102 Å². The van der Waals surface area contributed by atoms with Gasteiger partial charge in [-0.3, -0.25) is 13.9 Å². The Morgan fingerprint density at radius 3 is 2.17 bits per heavy atom. The van der Waals surface area contributed by atoms with Crippen molar-refractivity contribution in [1.82, 2.24) is 10.2 Å². The monoisotopic (exact) mass is 699 g/mol. The molecule has 12 heteroatoms. The number of carbonyl (C=O) groups excluding carboxylic acids is 2. The normalized spacial score (nSPS) is 11.9. The summed E-state index contributed by atoms with van der Waals surface area (Å²) in [5.41, 5.74) is 1.57. The maximum absolute atomic E-state index is 14.5. The van der Waals surface area contributed by atoms with E-state index in [2.05, 4.69) is 5.32 Å². The molecule has 2 amide bonds. The molecule has 4 aromatic carbocycles. The molecule has 1 atom stereocenters. The molecule has 248 valence electrons. The molecular weight excluding hydrogens is 664 g/mol. The van der Waals surface area contributed by atoms with Gasteiger partial charge in [0.2, 0.25) is 11.8 Å². The summed E-state index contributed by atoms with van der Waals surface area (Å²) in [5, 5.41) is 3.48. The van der Waals surface area contributed by atoms with Gasteiger partial charge in [-0.2, -0.15) is 0 Å². The molecule has 0 saturated heterocycles. The highest BCUT2D eigenvalue weighted by Gasteiger charge is 2.34. The maximum Gasteiger partial charge on any atom is 0.264 e. The topological polar surface area (TPSA) is 96.0 Å². The lowest BCUT2D eigenvalue weighted by Crippen LogP contribution is -2.53. The van der Waals surface area contributed by atoms with E-state index in [1.165, 1.54) is 17.0 Å². The van der Waals surface area contributed by atoms with Crippen molar-refractivity contribution < 1.29 is 27.1 Å². The van der Waals surface area contributed by atoms with Gasteiger partial charge >= 0.3 is 0 Å². The number of nitrogens with one attached hydrogen (secondary N) is 1. The van der Waals surface area contributed by atoms with Crippen molar-refractivity contribution in [3.8, 4) is 5.75 Å². The lowest BCUT2D eigenvalue weighted by molar-refractivity contribution is -0.140. The van der Waals surface area contributed by atoms with Crippen molar-refractivity contribution in [2.75, 3.05) is 24.0 Å². The SMILES string of the molecule is CCCNC(=O)[C@@H](Cc1ccccc1)N(Cc1ccc(Cl)c(Cl)c1)C(=O)CN(c1ccc(OCC)cc1)S(=O)(=O)c1ccc(F)cc1. The van der Waals surface area contributed by atoms with E-state index in [0.29, 0.717) is 35.9 Å². The molecule has 47 heavy (non-hydrogen) atoms. The summed E-state index contributed by atoms with van der Waals surface area (Å²) in [6.07, 6.45) is 0.836. The van der Waals surface area contributed by atoms with E-state index < -0.39 is 40.2 Å². The van der Waals surface area contributed by atoms with E-state index in [-0.39, 0.29) is 28.6 Å². The van der Waals surface area contributed by atoms with Crippen LogP contribution in [0.25, 0.3) is 0 Å². The van der Waals surface area contributed by atoms with Crippen LogP contribution in [0.3, 0.4) is 0 Å². The molecule has 0 fully saturated rings. The number of ether oxygens (including phenoxy) is 1. The van der Waals surface area contributed by atoms with Crippen molar-refractivity contribution in [3.63, 3.8) is 0 Å². The number of amides is 2. The Balaban J connectivity index is 1.81. The number of nitrogens with zero attached hydrogens (tertiary/aromatic N) is 2. The molecule has 0 radical (unpaired) electrons. The van der Waals surface area contributed by atoms with Crippen molar-refractivity contribution >= 4 is 50.7 Å². The number of halogens is 3. The van der Waals surface area contributed by atoms with E-state index in [0.717, 1.165) is 34.1 Å². The number of anilines is 1.